The summed E-state index contributed by atoms with van der Waals surface area (Å²) in [5.41, 5.74) is 0. The highest BCUT2D eigenvalue weighted by atomic mass is 15.2. The summed E-state index contributed by atoms with van der Waals surface area (Å²) >= 11 is 0. The molecule has 1 aliphatic rings. The number of hydrogen-bond donors (Lipinski definition) is 0. The van der Waals surface area contributed by atoms with Crippen LogP contribution >= 0.6 is 0 Å². The largest absolute Gasteiger partial charge is 0.288 e. The molecule has 58 valence electrons. The summed E-state index contributed by atoms with van der Waals surface area (Å²) in [6, 6.07) is 0.736. The molecular formula is C10H13N. The van der Waals surface area contributed by atoms with Gasteiger partial charge >= 0.3 is 0 Å². The monoisotopic (exact) mass is 147 g/mol. The fourth-order valence-corrected chi connectivity index (χ4v) is 1.16. The molecule has 0 aromatic rings. The standard InChI is InChI=1S/C10H13N/c1-3-5-9-11(8-4-2)10-6-7-10/h1-2,10H,5-9H2. The highest BCUT2D eigenvalue weighted by Crippen LogP contribution is 2.26. The molecule has 0 aromatic heterocycles. The van der Waals surface area contributed by atoms with Crippen LogP contribution in [0.4, 0.5) is 0 Å². The van der Waals surface area contributed by atoms with Crippen molar-refractivity contribution in [2.45, 2.75) is 25.3 Å². The van der Waals surface area contributed by atoms with E-state index in [2.05, 4.69) is 16.7 Å². The summed E-state index contributed by atoms with van der Waals surface area (Å²) < 4.78 is 0. The molecule has 1 nitrogen and oxygen atoms in total. The predicted molar refractivity (Wildman–Crippen MR) is 46.9 cm³/mol. The van der Waals surface area contributed by atoms with E-state index in [1.807, 2.05) is 0 Å². The van der Waals surface area contributed by atoms with Crippen LogP contribution in [-0.2, 0) is 0 Å². The highest BCUT2D eigenvalue weighted by molar-refractivity contribution is 4.96. The van der Waals surface area contributed by atoms with E-state index in [9.17, 15) is 0 Å². The lowest BCUT2D eigenvalue weighted by Crippen LogP contribution is -2.27. The lowest BCUT2D eigenvalue weighted by molar-refractivity contribution is 0.304. The second-order valence-electron chi connectivity index (χ2n) is 2.86. The molecule has 0 bridgehead atoms. The zero-order valence-electron chi connectivity index (χ0n) is 6.71. The van der Waals surface area contributed by atoms with Gasteiger partial charge in [-0.2, -0.15) is 0 Å². The summed E-state index contributed by atoms with van der Waals surface area (Å²) in [5, 5.41) is 0. The van der Waals surface area contributed by atoms with Gasteiger partial charge in [-0.25, -0.2) is 0 Å². The zero-order chi connectivity index (χ0) is 8.10. The van der Waals surface area contributed by atoms with Crippen LogP contribution in [0, 0.1) is 24.7 Å². The van der Waals surface area contributed by atoms with E-state index in [4.69, 9.17) is 12.8 Å². The molecule has 0 aromatic carbocycles. The number of rotatable bonds is 4. The molecule has 0 saturated heterocycles. The first-order chi connectivity index (χ1) is 5.38. The third-order valence-corrected chi connectivity index (χ3v) is 1.90. The van der Waals surface area contributed by atoms with E-state index in [0.29, 0.717) is 0 Å². The van der Waals surface area contributed by atoms with Gasteiger partial charge in [0.1, 0.15) is 0 Å². The van der Waals surface area contributed by atoms with Crippen LogP contribution in [0.15, 0.2) is 0 Å². The number of hydrogen-bond acceptors (Lipinski definition) is 1. The Hall–Kier alpha value is -0.920. The Morgan fingerprint density at radius 2 is 2.00 bits per heavy atom. The van der Waals surface area contributed by atoms with Crippen LogP contribution in [0.2, 0.25) is 0 Å². The Morgan fingerprint density at radius 3 is 2.45 bits per heavy atom. The molecule has 1 fully saturated rings. The van der Waals surface area contributed by atoms with Crippen molar-refractivity contribution in [3.63, 3.8) is 0 Å². The molecular weight excluding hydrogens is 134 g/mol. The number of nitrogens with zero attached hydrogens (tertiary/aromatic N) is 1. The van der Waals surface area contributed by atoms with Crippen molar-refractivity contribution in [2.75, 3.05) is 13.1 Å². The molecule has 0 aliphatic heterocycles. The van der Waals surface area contributed by atoms with Gasteiger partial charge in [-0.15, -0.1) is 18.8 Å². The van der Waals surface area contributed by atoms with Crippen LogP contribution in [0.1, 0.15) is 19.3 Å². The molecule has 0 atom stereocenters. The molecule has 1 heteroatoms. The summed E-state index contributed by atoms with van der Waals surface area (Å²) in [5.74, 6) is 5.28. The summed E-state index contributed by atoms with van der Waals surface area (Å²) in [6.45, 7) is 1.72. The Balaban J connectivity index is 2.23. The fourth-order valence-electron chi connectivity index (χ4n) is 1.16. The van der Waals surface area contributed by atoms with Gasteiger partial charge < -0.3 is 0 Å². The molecule has 1 rings (SSSR count). The maximum absolute atomic E-state index is 5.22. The lowest BCUT2D eigenvalue weighted by Gasteiger charge is -2.16. The van der Waals surface area contributed by atoms with Crippen molar-refractivity contribution >= 4 is 0 Å². The van der Waals surface area contributed by atoms with Gasteiger partial charge in [0.15, 0.2) is 0 Å². The van der Waals surface area contributed by atoms with Crippen molar-refractivity contribution in [2.24, 2.45) is 0 Å². The number of terminal acetylenes is 2. The van der Waals surface area contributed by atoms with E-state index in [1.54, 1.807) is 0 Å². The van der Waals surface area contributed by atoms with Gasteiger partial charge in [0.25, 0.3) is 0 Å². The quantitative estimate of drug-likeness (QED) is 0.538. The van der Waals surface area contributed by atoms with Gasteiger partial charge in [-0.3, -0.25) is 4.90 Å². The third kappa shape index (κ3) is 2.66. The second-order valence-corrected chi connectivity index (χ2v) is 2.86. The van der Waals surface area contributed by atoms with Crippen LogP contribution < -0.4 is 0 Å². The smallest absolute Gasteiger partial charge is 0.0601 e. The molecule has 0 heterocycles. The predicted octanol–water partition coefficient (Wildman–Crippen LogP) is 1.11. The third-order valence-electron chi connectivity index (χ3n) is 1.90. The molecule has 1 saturated carbocycles. The van der Waals surface area contributed by atoms with Crippen LogP contribution in [-0.4, -0.2) is 24.0 Å². The van der Waals surface area contributed by atoms with Gasteiger partial charge in [0.2, 0.25) is 0 Å². The highest BCUT2D eigenvalue weighted by Gasteiger charge is 2.27. The van der Waals surface area contributed by atoms with Crippen molar-refractivity contribution in [1.29, 1.82) is 0 Å². The molecule has 0 radical (unpaired) electrons. The Morgan fingerprint density at radius 1 is 1.27 bits per heavy atom. The molecule has 11 heavy (non-hydrogen) atoms. The van der Waals surface area contributed by atoms with Crippen molar-refractivity contribution in [1.82, 2.24) is 4.90 Å². The minimum Gasteiger partial charge on any atom is -0.288 e. The normalized spacial score (nSPS) is 15.9. The van der Waals surface area contributed by atoms with E-state index >= 15 is 0 Å². The van der Waals surface area contributed by atoms with Crippen molar-refractivity contribution < 1.29 is 0 Å². The minimum absolute atomic E-state index is 0.736. The lowest BCUT2D eigenvalue weighted by atomic mass is 10.3. The van der Waals surface area contributed by atoms with Crippen LogP contribution in [0.5, 0.6) is 0 Å². The summed E-state index contributed by atoms with van der Waals surface area (Å²) in [4.78, 5) is 2.29. The molecule has 1 aliphatic carbocycles. The first-order valence-corrected chi connectivity index (χ1v) is 3.99. The van der Waals surface area contributed by atoms with E-state index in [0.717, 1.165) is 25.6 Å². The van der Waals surface area contributed by atoms with Gasteiger partial charge in [-0.1, -0.05) is 5.92 Å². The molecule has 0 spiro atoms. The maximum atomic E-state index is 5.22. The van der Waals surface area contributed by atoms with Gasteiger partial charge in [0, 0.05) is 19.0 Å². The molecule has 0 N–H and O–H groups in total. The van der Waals surface area contributed by atoms with Crippen LogP contribution in [0.25, 0.3) is 0 Å². The Bertz CT molecular complexity index is 190. The Labute approximate surface area is 68.8 Å². The average Bonchev–Trinajstić information content (AvgIpc) is 2.80. The molecule has 0 unspecified atom stereocenters. The summed E-state index contributed by atoms with van der Waals surface area (Å²) in [7, 11) is 0. The van der Waals surface area contributed by atoms with Crippen molar-refractivity contribution in [3.8, 4) is 24.7 Å². The van der Waals surface area contributed by atoms with E-state index in [1.165, 1.54) is 12.8 Å². The summed E-state index contributed by atoms with van der Waals surface area (Å²) in [6.07, 6.45) is 13.8. The van der Waals surface area contributed by atoms with E-state index < -0.39 is 0 Å². The van der Waals surface area contributed by atoms with Crippen LogP contribution in [0.3, 0.4) is 0 Å². The minimum atomic E-state index is 0.736. The van der Waals surface area contributed by atoms with Gasteiger partial charge in [-0.05, 0) is 12.8 Å². The SMILES string of the molecule is C#CCCN(CC#C)C1CC1. The molecule has 0 amide bonds. The zero-order valence-corrected chi connectivity index (χ0v) is 6.71. The fraction of sp³-hybridized carbons (Fsp3) is 0.600. The maximum Gasteiger partial charge on any atom is 0.0601 e. The Kier molecular flexibility index (Phi) is 3.02. The average molecular weight is 147 g/mol. The topological polar surface area (TPSA) is 3.24 Å². The van der Waals surface area contributed by atoms with Gasteiger partial charge in [0.05, 0.1) is 6.54 Å². The second kappa shape index (κ2) is 4.06. The van der Waals surface area contributed by atoms with E-state index in [-0.39, 0.29) is 0 Å². The first kappa shape index (κ1) is 8.18. The first-order valence-electron chi connectivity index (χ1n) is 3.99. The van der Waals surface area contributed by atoms with Crippen molar-refractivity contribution in [3.05, 3.63) is 0 Å².